The van der Waals surface area contributed by atoms with Crippen molar-refractivity contribution in [3.05, 3.63) is 107 Å². The predicted molar refractivity (Wildman–Crippen MR) is 189 cm³/mol. The topological polar surface area (TPSA) is 27.7 Å². The van der Waals surface area contributed by atoms with Crippen LogP contribution in [-0.4, -0.2) is 27.5 Å². The molecule has 6 heteroatoms. The predicted octanol–water partition coefficient (Wildman–Crippen LogP) is 6.44. The first-order valence-corrected chi connectivity index (χ1v) is 18.4. The van der Waals surface area contributed by atoms with Gasteiger partial charge in [0, 0.05) is 0 Å². The largest absolute Gasteiger partial charge is 1.00 e. The maximum absolute atomic E-state index is 5.67. The number of rotatable bonds is 17. The van der Waals surface area contributed by atoms with Crippen molar-refractivity contribution in [1.29, 1.82) is 0 Å². The number of hydrogen-bond donors (Lipinski definition) is 0. The Balaban J connectivity index is 0.00000529. The Bertz CT molecular complexity index is 1270. The minimum absolute atomic E-state index is 0. The molecule has 0 fully saturated rings. The molecule has 0 radical (unpaired) electrons. The van der Waals surface area contributed by atoms with Crippen LogP contribution >= 0.6 is 23.2 Å². The van der Waals surface area contributed by atoms with Crippen LogP contribution in [0.4, 0.5) is 0 Å². The van der Waals surface area contributed by atoms with Gasteiger partial charge in [0.2, 0.25) is 5.75 Å². The maximum atomic E-state index is 5.67. The minimum Gasteiger partial charge on any atom is -1.00 e. The van der Waals surface area contributed by atoms with Crippen molar-refractivity contribution in [3.8, 4) is 17.2 Å². The molecule has 0 aliphatic carbocycles. The van der Waals surface area contributed by atoms with Crippen molar-refractivity contribution in [1.82, 2.24) is 0 Å². The first-order chi connectivity index (χ1) is 21.1. The summed E-state index contributed by atoms with van der Waals surface area (Å²) in [6, 6.07) is 33.8. The van der Waals surface area contributed by atoms with Crippen molar-refractivity contribution in [2.45, 2.75) is 64.7 Å². The highest BCUT2D eigenvalue weighted by Crippen LogP contribution is 2.56. The Morgan fingerprint density at radius 2 is 0.909 bits per heavy atom. The lowest BCUT2D eigenvalue weighted by atomic mass is 9.99. The summed E-state index contributed by atoms with van der Waals surface area (Å²) in [7, 11) is 3.31. The van der Waals surface area contributed by atoms with E-state index in [1.54, 1.807) is 21.3 Å². The molecule has 3 nitrogen and oxygen atoms in total. The Morgan fingerprint density at radius 3 is 1.32 bits per heavy atom. The van der Waals surface area contributed by atoms with E-state index in [1.807, 2.05) is 0 Å². The average molecular weight is 743 g/mol. The summed E-state index contributed by atoms with van der Waals surface area (Å²) >= 11 is 3.77. The number of methoxy groups -OCH3 is 3. The molecule has 0 aliphatic heterocycles. The third-order valence-electron chi connectivity index (χ3n) is 8.54. The molecule has 4 aromatic carbocycles. The lowest BCUT2D eigenvalue weighted by Crippen LogP contribution is -3.00. The molecule has 0 bridgehead atoms. The van der Waals surface area contributed by atoms with Crippen LogP contribution in [-0.2, 0) is 6.42 Å². The first kappa shape index (κ1) is 36.1. The van der Waals surface area contributed by atoms with Crippen LogP contribution in [0.2, 0.25) is 0 Å². The quantitative estimate of drug-likeness (QED) is 0.0922. The molecule has 0 aromatic heterocycles. The van der Waals surface area contributed by atoms with Gasteiger partial charge in [0.05, 0.1) is 32.0 Å². The van der Waals surface area contributed by atoms with E-state index in [1.165, 1.54) is 72.6 Å². The third kappa shape index (κ3) is 8.47. The van der Waals surface area contributed by atoms with Gasteiger partial charge in [-0.2, -0.15) is 0 Å². The van der Waals surface area contributed by atoms with E-state index in [2.05, 4.69) is 114 Å². The Kier molecular flexibility index (Phi) is 15.3. The summed E-state index contributed by atoms with van der Waals surface area (Å²) in [6.45, 7) is 2.10. The fraction of sp³-hybridized carbons (Fsp3) is 0.368. The van der Waals surface area contributed by atoms with Gasteiger partial charge in [0.1, 0.15) is 23.2 Å². The second-order valence-electron chi connectivity index (χ2n) is 11.1. The molecular weight excluding hydrogens is 695 g/mol. The van der Waals surface area contributed by atoms with E-state index in [-0.39, 0.29) is 17.0 Å². The van der Waals surface area contributed by atoms with Crippen molar-refractivity contribution in [2.75, 3.05) is 27.5 Å². The molecule has 236 valence electrons. The van der Waals surface area contributed by atoms with Gasteiger partial charge in [-0.15, -0.1) is 0 Å². The average Bonchev–Trinajstić information content (AvgIpc) is 3.06. The fourth-order valence-corrected chi connectivity index (χ4v) is 11.6. The van der Waals surface area contributed by atoms with E-state index < -0.39 is 7.26 Å². The summed E-state index contributed by atoms with van der Waals surface area (Å²) in [4.78, 5) is 0. The second-order valence-corrected chi connectivity index (χ2v) is 15.5. The number of ether oxygens (including phenoxy) is 3. The molecule has 0 atom stereocenters. The van der Waals surface area contributed by atoms with Crippen molar-refractivity contribution < 1.29 is 31.2 Å². The lowest BCUT2D eigenvalue weighted by Gasteiger charge is -2.27. The highest BCUT2D eigenvalue weighted by Gasteiger charge is 2.44. The van der Waals surface area contributed by atoms with Gasteiger partial charge in [0.25, 0.3) is 0 Å². The van der Waals surface area contributed by atoms with Gasteiger partial charge >= 0.3 is 0 Å². The van der Waals surface area contributed by atoms with E-state index in [0.29, 0.717) is 11.5 Å². The van der Waals surface area contributed by atoms with Gasteiger partial charge in [-0.3, -0.25) is 0 Å². The van der Waals surface area contributed by atoms with Gasteiger partial charge < -0.3 is 31.2 Å². The summed E-state index contributed by atoms with van der Waals surface area (Å²) in [5.74, 6) is 2.11. The van der Waals surface area contributed by atoms with Crippen LogP contribution in [0.15, 0.2) is 95.5 Å². The number of unbranched alkanes of at least 4 members (excludes halogenated alkanes) is 7. The standard InChI is InChI=1S/C38H47BrO3P.BrH/c1-30-34(35(39)37(41-3)38(42-4)36(30)40-2)28-20-9-7-5-6-8-10-21-29-43(31-22-14-11-15-23-31,32-24-16-12-17-25-32)33-26-18-13-19-27-33;/h11-19,22-27H,5-10,20-21,28-29H2,1-4H3;1H/q+1;/p-1. The monoisotopic (exact) mass is 740 g/mol. The molecule has 4 rings (SSSR count). The molecule has 0 N–H and O–H groups in total. The number of benzene rings is 4. The normalized spacial score (nSPS) is 11.1. The molecule has 0 heterocycles. The molecular formula is C38H47Br2O3P. The zero-order valence-corrected chi connectivity index (χ0v) is 30.7. The highest BCUT2D eigenvalue weighted by atomic mass is 79.9. The van der Waals surface area contributed by atoms with Gasteiger partial charge in [-0.25, -0.2) is 0 Å². The molecule has 0 spiro atoms. The van der Waals surface area contributed by atoms with Crippen LogP contribution in [0.3, 0.4) is 0 Å². The minimum atomic E-state index is -1.71. The first-order valence-electron chi connectivity index (χ1n) is 15.6. The van der Waals surface area contributed by atoms with Crippen molar-refractivity contribution >= 4 is 39.1 Å². The molecule has 0 saturated carbocycles. The molecule has 0 aliphatic rings. The van der Waals surface area contributed by atoms with Crippen LogP contribution < -0.4 is 47.1 Å². The number of halogens is 2. The summed E-state index contributed by atoms with van der Waals surface area (Å²) in [5, 5.41) is 4.46. The van der Waals surface area contributed by atoms with E-state index in [4.69, 9.17) is 14.2 Å². The molecule has 0 unspecified atom stereocenters. The van der Waals surface area contributed by atoms with Crippen molar-refractivity contribution in [3.63, 3.8) is 0 Å². The molecule has 0 amide bonds. The second kappa shape index (κ2) is 18.6. The summed E-state index contributed by atoms with van der Waals surface area (Å²) in [5.41, 5.74) is 2.36. The Morgan fingerprint density at radius 1 is 0.523 bits per heavy atom. The van der Waals surface area contributed by atoms with Crippen LogP contribution in [0.1, 0.15) is 62.5 Å². The summed E-state index contributed by atoms with van der Waals surface area (Å²) in [6.07, 6.45) is 12.3. The smallest absolute Gasteiger partial charge is 0.204 e. The van der Waals surface area contributed by atoms with E-state index in [9.17, 15) is 0 Å². The van der Waals surface area contributed by atoms with Gasteiger partial charge in [-0.1, -0.05) is 86.7 Å². The van der Waals surface area contributed by atoms with Crippen molar-refractivity contribution in [2.24, 2.45) is 0 Å². The Hall–Kier alpha value is -2.33. The van der Waals surface area contributed by atoms with Gasteiger partial charge in [-0.05, 0) is 96.1 Å². The summed E-state index contributed by atoms with van der Waals surface area (Å²) < 4.78 is 17.9. The van der Waals surface area contributed by atoms with Crippen LogP contribution in [0.5, 0.6) is 17.2 Å². The molecule has 4 aromatic rings. The Labute approximate surface area is 285 Å². The van der Waals surface area contributed by atoms with E-state index >= 15 is 0 Å². The zero-order valence-electron chi connectivity index (χ0n) is 26.7. The number of hydrogen-bond acceptors (Lipinski definition) is 3. The molecule has 44 heavy (non-hydrogen) atoms. The van der Waals surface area contributed by atoms with Gasteiger partial charge in [0.15, 0.2) is 11.5 Å². The highest BCUT2D eigenvalue weighted by molar-refractivity contribution is 9.10. The zero-order chi connectivity index (χ0) is 30.5. The third-order valence-corrected chi connectivity index (χ3v) is 13.9. The van der Waals surface area contributed by atoms with Crippen LogP contribution in [0, 0.1) is 6.92 Å². The fourth-order valence-electron chi connectivity index (χ4n) is 6.32. The maximum Gasteiger partial charge on any atom is 0.204 e. The lowest BCUT2D eigenvalue weighted by molar-refractivity contribution is -0.00000933. The SMILES string of the molecule is COc1c(C)c(CCCCCCCCCC[P+](c2ccccc2)(c2ccccc2)c2ccccc2)c(Br)c(OC)c1OC.[Br-]. The van der Waals surface area contributed by atoms with E-state index in [0.717, 1.165) is 28.6 Å². The molecule has 0 saturated heterocycles. The van der Waals surface area contributed by atoms with Crippen LogP contribution in [0.25, 0.3) is 0 Å².